The first-order valence-corrected chi connectivity index (χ1v) is 6.78. The van der Waals surface area contributed by atoms with E-state index in [1.165, 1.54) is 16.7 Å². The third-order valence-corrected chi connectivity index (χ3v) is 3.60. The predicted octanol–water partition coefficient (Wildman–Crippen LogP) is 4.85. The van der Waals surface area contributed by atoms with Crippen LogP contribution in [0.15, 0.2) is 48.5 Å². The zero-order valence-electron chi connectivity index (χ0n) is 11.9. The first-order valence-electron chi connectivity index (χ1n) is 6.78. The molecule has 0 aliphatic carbocycles. The molecule has 0 heterocycles. The van der Waals surface area contributed by atoms with Crippen molar-refractivity contribution in [3.63, 3.8) is 0 Å². The van der Waals surface area contributed by atoms with Crippen LogP contribution in [0, 0.1) is 25.7 Å². The van der Waals surface area contributed by atoms with Gasteiger partial charge in [0.15, 0.2) is 0 Å². The van der Waals surface area contributed by atoms with Gasteiger partial charge in [-0.1, -0.05) is 61.2 Å². The quantitative estimate of drug-likeness (QED) is 0.666. The number of hydrogen-bond donors (Lipinski definition) is 0. The summed E-state index contributed by atoms with van der Waals surface area (Å²) in [5.41, 5.74) is 5.11. The van der Waals surface area contributed by atoms with Gasteiger partial charge in [-0.25, -0.2) is 0 Å². The smallest absolute Gasteiger partial charge is 0.0277 e. The molecular weight excluding hydrogens is 228 g/mol. The lowest BCUT2D eigenvalue weighted by atomic mass is 9.97. The van der Waals surface area contributed by atoms with Crippen LogP contribution in [0.25, 0.3) is 0 Å². The van der Waals surface area contributed by atoms with Crippen molar-refractivity contribution in [1.29, 1.82) is 0 Å². The van der Waals surface area contributed by atoms with E-state index < -0.39 is 0 Å². The zero-order valence-corrected chi connectivity index (χ0v) is 11.9. The minimum absolute atomic E-state index is 0.485. The van der Waals surface area contributed by atoms with E-state index in [2.05, 4.69) is 81.1 Å². The molecule has 0 aromatic heterocycles. The molecular formula is C19H20. The van der Waals surface area contributed by atoms with Gasteiger partial charge in [0.2, 0.25) is 0 Å². The highest BCUT2D eigenvalue weighted by Gasteiger charge is 2.02. The zero-order chi connectivity index (χ0) is 13.7. The summed E-state index contributed by atoms with van der Waals surface area (Å²) >= 11 is 0. The SMILES string of the molecule is Cc1cccc(C#CC[C@@H](C)c2ccccc2)c1C. The predicted molar refractivity (Wildman–Crippen MR) is 82.3 cm³/mol. The van der Waals surface area contributed by atoms with Crippen molar-refractivity contribution in [2.24, 2.45) is 0 Å². The van der Waals surface area contributed by atoms with E-state index in [1.54, 1.807) is 0 Å². The summed E-state index contributed by atoms with van der Waals surface area (Å²) in [6.07, 6.45) is 0.900. The first kappa shape index (κ1) is 13.4. The molecule has 2 aromatic carbocycles. The fraction of sp³-hybridized carbons (Fsp3) is 0.263. The van der Waals surface area contributed by atoms with Gasteiger partial charge in [0, 0.05) is 12.0 Å². The molecule has 0 N–H and O–H groups in total. The van der Waals surface area contributed by atoms with Crippen LogP contribution in [-0.4, -0.2) is 0 Å². The van der Waals surface area contributed by atoms with Crippen LogP contribution in [0.5, 0.6) is 0 Å². The maximum absolute atomic E-state index is 3.32. The van der Waals surface area contributed by atoms with Crippen molar-refractivity contribution in [1.82, 2.24) is 0 Å². The Labute approximate surface area is 116 Å². The molecule has 0 radical (unpaired) electrons. The van der Waals surface area contributed by atoms with E-state index in [1.807, 2.05) is 0 Å². The molecule has 0 nitrogen and oxygen atoms in total. The molecule has 0 amide bonds. The Hall–Kier alpha value is -2.00. The molecule has 0 saturated carbocycles. The van der Waals surface area contributed by atoms with E-state index in [0.29, 0.717) is 5.92 Å². The number of aryl methyl sites for hydroxylation is 1. The molecule has 96 valence electrons. The van der Waals surface area contributed by atoms with Gasteiger partial charge in [0.25, 0.3) is 0 Å². The summed E-state index contributed by atoms with van der Waals surface area (Å²) in [6, 6.07) is 16.9. The fourth-order valence-electron chi connectivity index (χ4n) is 2.09. The maximum Gasteiger partial charge on any atom is 0.0277 e. The maximum atomic E-state index is 3.32. The summed E-state index contributed by atoms with van der Waals surface area (Å²) in [4.78, 5) is 0. The lowest BCUT2D eigenvalue weighted by Crippen LogP contribution is -1.91. The Kier molecular flexibility index (Phi) is 4.42. The Balaban J connectivity index is 2.07. The molecule has 0 unspecified atom stereocenters. The molecule has 2 aromatic rings. The second-order valence-corrected chi connectivity index (χ2v) is 5.07. The summed E-state index contributed by atoms with van der Waals surface area (Å²) in [7, 11) is 0. The van der Waals surface area contributed by atoms with Gasteiger partial charge < -0.3 is 0 Å². The molecule has 2 rings (SSSR count). The van der Waals surface area contributed by atoms with Gasteiger partial charge in [-0.3, -0.25) is 0 Å². The Bertz CT molecular complexity index is 597. The van der Waals surface area contributed by atoms with Crippen molar-refractivity contribution >= 4 is 0 Å². The minimum Gasteiger partial charge on any atom is -0.0973 e. The highest BCUT2D eigenvalue weighted by atomic mass is 14.1. The van der Waals surface area contributed by atoms with Gasteiger partial charge in [0.1, 0.15) is 0 Å². The van der Waals surface area contributed by atoms with Crippen LogP contribution < -0.4 is 0 Å². The molecule has 0 bridgehead atoms. The highest BCUT2D eigenvalue weighted by molar-refractivity contribution is 5.44. The summed E-state index contributed by atoms with van der Waals surface area (Å²) < 4.78 is 0. The van der Waals surface area contributed by atoms with E-state index in [9.17, 15) is 0 Å². The highest BCUT2D eigenvalue weighted by Crippen LogP contribution is 2.18. The molecule has 0 heteroatoms. The van der Waals surface area contributed by atoms with Crippen molar-refractivity contribution < 1.29 is 0 Å². The fourth-order valence-corrected chi connectivity index (χ4v) is 2.09. The molecule has 0 aliphatic rings. The molecule has 19 heavy (non-hydrogen) atoms. The van der Waals surface area contributed by atoms with Crippen LogP contribution in [0.2, 0.25) is 0 Å². The standard InChI is InChI=1S/C19H20/c1-15-9-7-13-19(17(15)3)14-8-10-16(2)18-11-5-4-6-12-18/h4-7,9,11-13,16H,10H2,1-3H3/t16-/m1/s1. The van der Waals surface area contributed by atoms with Gasteiger partial charge in [-0.05, 0) is 42.5 Å². The molecule has 0 aliphatic heterocycles. The van der Waals surface area contributed by atoms with Gasteiger partial charge in [0.05, 0.1) is 0 Å². The Morgan fingerprint density at radius 2 is 1.68 bits per heavy atom. The molecule has 0 saturated heterocycles. The average Bonchev–Trinajstić information content (AvgIpc) is 2.44. The van der Waals surface area contributed by atoms with Crippen LogP contribution >= 0.6 is 0 Å². The molecule has 0 fully saturated rings. The number of hydrogen-bond acceptors (Lipinski definition) is 0. The van der Waals surface area contributed by atoms with Crippen molar-refractivity contribution in [3.05, 3.63) is 70.8 Å². The van der Waals surface area contributed by atoms with Crippen LogP contribution in [0.3, 0.4) is 0 Å². The lowest BCUT2D eigenvalue weighted by molar-refractivity contribution is 0.796. The molecule has 0 spiro atoms. The summed E-state index contributed by atoms with van der Waals surface area (Å²) in [6.45, 7) is 6.50. The van der Waals surface area contributed by atoms with Gasteiger partial charge in [-0.2, -0.15) is 0 Å². The largest absolute Gasteiger partial charge is 0.0973 e. The topological polar surface area (TPSA) is 0 Å². The van der Waals surface area contributed by atoms with Crippen molar-refractivity contribution in [2.45, 2.75) is 33.1 Å². The number of rotatable bonds is 2. The normalized spacial score (nSPS) is 11.5. The minimum atomic E-state index is 0.485. The van der Waals surface area contributed by atoms with E-state index in [-0.39, 0.29) is 0 Å². The summed E-state index contributed by atoms with van der Waals surface area (Å²) in [5, 5.41) is 0. The number of benzene rings is 2. The van der Waals surface area contributed by atoms with Crippen molar-refractivity contribution in [3.8, 4) is 11.8 Å². The van der Waals surface area contributed by atoms with Gasteiger partial charge >= 0.3 is 0 Å². The lowest BCUT2D eigenvalue weighted by Gasteiger charge is -2.07. The van der Waals surface area contributed by atoms with E-state index in [4.69, 9.17) is 0 Å². The Morgan fingerprint density at radius 1 is 0.947 bits per heavy atom. The Morgan fingerprint density at radius 3 is 2.42 bits per heavy atom. The third kappa shape index (κ3) is 3.48. The van der Waals surface area contributed by atoms with Crippen molar-refractivity contribution in [2.75, 3.05) is 0 Å². The second kappa shape index (κ2) is 6.25. The first-order chi connectivity index (χ1) is 9.18. The van der Waals surface area contributed by atoms with E-state index in [0.717, 1.165) is 12.0 Å². The molecule has 1 atom stereocenters. The average molecular weight is 248 g/mol. The van der Waals surface area contributed by atoms with Crippen LogP contribution in [0.4, 0.5) is 0 Å². The third-order valence-electron chi connectivity index (χ3n) is 3.60. The monoisotopic (exact) mass is 248 g/mol. The summed E-state index contributed by atoms with van der Waals surface area (Å²) in [5.74, 6) is 7.11. The second-order valence-electron chi connectivity index (χ2n) is 5.07. The van der Waals surface area contributed by atoms with Crippen LogP contribution in [-0.2, 0) is 0 Å². The van der Waals surface area contributed by atoms with Gasteiger partial charge in [-0.15, -0.1) is 0 Å². The van der Waals surface area contributed by atoms with E-state index >= 15 is 0 Å². The van der Waals surface area contributed by atoms with Crippen LogP contribution in [0.1, 0.15) is 41.5 Å².